The summed E-state index contributed by atoms with van der Waals surface area (Å²) in [5, 5.41) is 7.27. The van der Waals surface area contributed by atoms with Crippen LogP contribution in [-0.4, -0.2) is 15.7 Å². The first kappa shape index (κ1) is 17.4. The second kappa shape index (κ2) is 7.55. The molecule has 1 N–H and O–H groups in total. The second-order valence-electron chi connectivity index (χ2n) is 5.27. The van der Waals surface area contributed by atoms with Crippen LogP contribution in [0.5, 0.6) is 0 Å². The molecule has 3 aromatic rings. The summed E-state index contributed by atoms with van der Waals surface area (Å²) < 4.78 is 14.6. The first-order chi connectivity index (χ1) is 11.1. The number of nitrogens with zero attached hydrogens (tertiary/aromatic N) is 2. The predicted octanol–water partition coefficient (Wildman–Crippen LogP) is 4.14. The number of nitrogens with one attached hydrogen (secondary N) is 1. The molecule has 0 aliphatic carbocycles. The molecule has 0 saturated carbocycles. The zero-order valence-electron chi connectivity index (χ0n) is 12.7. The Labute approximate surface area is 140 Å². The molecule has 0 spiro atoms. The molecule has 0 radical (unpaired) electrons. The van der Waals surface area contributed by atoms with Crippen molar-refractivity contribution in [2.75, 3.05) is 5.32 Å². The van der Waals surface area contributed by atoms with Gasteiger partial charge in [0.25, 0.3) is 0 Å². The molecule has 0 saturated heterocycles. The van der Waals surface area contributed by atoms with Crippen LogP contribution in [0, 0.1) is 12.7 Å². The molecule has 1 heterocycles. The molecule has 0 aliphatic heterocycles. The molecule has 2 aromatic carbocycles. The van der Waals surface area contributed by atoms with Crippen LogP contribution in [0.25, 0.3) is 5.69 Å². The molecule has 4 nitrogen and oxygen atoms in total. The Balaban J connectivity index is 0.00000208. The fraction of sp³-hybridized carbons (Fsp3) is 0.158. The number of rotatable bonds is 4. The van der Waals surface area contributed by atoms with Crippen molar-refractivity contribution < 1.29 is 9.18 Å². The van der Waals surface area contributed by atoms with Crippen molar-refractivity contribution in [1.82, 2.24) is 9.78 Å². The van der Waals surface area contributed by atoms with Crippen LogP contribution in [0.1, 0.15) is 18.7 Å². The molecule has 0 fully saturated rings. The SMILES string of the molecule is C.Cc1cc(NC(=O)Cc2ccc(F)cc2)n(-c2ccccc2)n1. The average molecular weight is 325 g/mol. The highest BCUT2D eigenvalue weighted by molar-refractivity contribution is 5.91. The second-order valence-corrected chi connectivity index (χ2v) is 5.27. The summed E-state index contributed by atoms with van der Waals surface area (Å²) in [6.45, 7) is 1.87. The van der Waals surface area contributed by atoms with Gasteiger partial charge in [-0.1, -0.05) is 37.8 Å². The zero-order valence-corrected chi connectivity index (χ0v) is 12.7. The van der Waals surface area contributed by atoms with Crippen LogP contribution in [0.2, 0.25) is 0 Å². The highest BCUT2D eigenvalue weighted by atomic mass is 19.1. The Kier molecular flexibility index (Phi) is 5.47. The van der Waals surface area contributed by atoms with Gasteiger partial charge >= 0.3 is 0 Å². The Morgan fingerprint density at radius 2 is 1.79 bits per heavy atom. The number of carbonyl (C=O) groups is 1. The first-order valence-electron chi connectivity index (χ1n) is 7.28. The van der Waals surface area contributed by atoms with Gasteiger partial charge in [-0.3, -0.25) is 4.79 Å². The van der Waals surface area contributed by atoms with Gasteiger partial charge in [0.05, 0.1) is 17.8 Å². The van der Waals surface area contributed by atoms with Crippen molar-refractivity contribution >= 4 is 11.7 Å². The van der Waals surface area contributed by atoms with Gasteiger partial charge in [0.2, 0.25) is 5.91 Å². The van der Waals surface area contributed by atoms with E-state index in [1.165, 1.54) is 12.1 Å². The third kappa shape index (κ3) is 4.07. The number of aryl methyl sites for hydroxylation is 1. The molecular weight excluding hydrogens is 305 g/mol. The topological polar surface area (TPSA) is 46.9 Å². The highest BCUT2D eigenvalue weighted by Gasteiger charge is 2.11. The minimum absolute atomic E-state index is 0. The molecule has 124 valence electrons. The molecule has 0 bridgehead atoms. The van der Waals surface area contributed by atoms with Crippen molar-refractivity contribution in [2.24, 2.45) is 0 Å². The van der Waals surface area contributed by atoms with Gasteiger partial charge < -0.3 is 5.32 Å². The lowest BCUT2D eigenvalue weighted by Crippen LogP contribution is -2.17. The van der Waals surface area contributed by atoms with Crippen LogP contribution >= 0.6 is 0 Å². The van der Waals surface area contributed by atoms with E-state index in [4.69, 9.17) is 0 Å². The van der Waals surface area contributed by atoms with Crippen molar-refractivity contribution in [1.29, 1.82) is 0 Å². The Bertz CT molecular complexity index is 810. The predicted molar refractivity (Wildman–Crippen MR) is 93.8 cm³/mol. The third-order valence-corrected chi connectivity index (χ3v) is 3.38. The summed E-state index contributed by atoms with van der Waals surface area (Å²) >= 11 is 0. The lowest BCUT2D eigenvalue weighted by Gasteiger charge is -2.09. The van der Waals surface area contributed by atoms with Crippen LogP contribution in [0.15, 0.2) is 60.7 Å². The van der Waals surface area contributed by atoms with Gasteiger partial charge in [-0.2, -0.15) is 5.10 Å². The first-order valence-corrected chi connectivity index (χ1v) is 7.28. The molecule has 0 aliphatic rings. The number of carbonyl (C=O) groups excluding carboxylic acids is 1. The molecule has 3 rings (SSSR count). The monoisotopic (exact) mass is 325 g/mol. The van der Waals surface area contributed by atoms with Crippen molar-refractivity contribution in [3.05, 3.63) is 77.7 Å². The smallest absolute Gasteiger partial charge is 0.229 e. The fourth-order valence-electron chi connectivity index (χ4n) is 2.33. The zero-order chi connectivity index (χ0) is 16.2. The van der Waals surface area contributed by atoms with E-state index in [9.17, 15) is 9.18 Å². The number of hydrogen-bond acceptors (Lipinski definition) is 2. The van der Waals surface area contributed by atoms with E-state index in [0.717, 1.165) is 16.9 Å². The highest BCUT2D eigenvalue weighted by Crippen LogP contribution is 2.17. The maximum atomic E-state index is 12.9. The molecule has 1 amide bonds. The van der Waals surface area contributed by atoms with E-state index < -0.39 is 0 Å². The third-order valence-electron chi connectivity index (χ3n) is 3.38. The van der Waals surface area contributed by atoms with E-state index in [2.05, 4.69) is 10.4 Å². The van der Waals surface area contributed by atoms with E-state index in [-0.39, 0.29) is 25.6 Å². The maximum absolute atomic E-state index is 12.9. The van der Waals surface area contributed by atoms with Crippen LogP contribution in [-0.2, 0) is 11.2 Å². The summed E-state index contributed by atoms with van der Waals surface area (Å²) in [4.78, 5) is 12.2. The number of halogens is 1. The van der Waals surface area contributed by atoms with Crippen LogP contribution in [0.3, 0.4) is 0 Å². The van der Waals surface area contributed by atoms with Gasteiger partial charge in [-0.15, -0.1) is 0 Å². The molecular formula is C19H20FN3O. The molecule has 0 atom stereocenters. The number of amides is 1. The lowest BCUT2D eigenvalue weighted by molar-refractivity contribution is -0.115. The lowest BCUT2D eigenvalue weighted by atomic mass is 10.1. The largest absolute Gasteiger partial charge is 0.310 e. The maximum Gasteiger partial charge on any atom is 0.229 e. The Hall–Kier alpha value is -2.95. The number of benzene rings is 2. The van der Waals surface area contributed by atoms with E-state index in [0.29, 0.717) is 5.82 Å². The summed E-state index contributed by atoms with van der Waals surface area (Å²) in [5.41, 5.74) is 2.44. The minimum Gasteiger partial charge on any atom is -0.310 e. The molecule has 1 aromatic heterocycles. The Morgan fingerprint density at radius 3 is 2.46 bits per heavy atom. The molecule has 0 unspecified atom stereocenters. The van der Waals surface area contributed by atoms with Gasteiger partial charge in [0.15, 0.2) is 0 Å². The van der Waals surface area contributed by atoms with Crippen molar-refractivity contribution in [3.8, 4) is 5.69 Å². The van der Waals surface area contributed by atoms with Crippen LogP contribution in [0.4, 0.5) is 10.2 Å². The number of hydrogen-bond donors (Lipinski definition) is 1. The normalized spacial score (nSPS) is 10.1. The van der Waals surface area contributed by atoms with Gasteiger partial charge in [-0.05, 0) is 36.8 Å². The van der Waals surface area contributed by atoms with Crippen LogP contribution < -0.4 is 5.32 Å². The van der Waals surface area contributed by atoms with E-state index in [1.54, 1.807) is 16.8 Å². The quantitative estimate of drug-likeness (QED) is 0.784. The summed E-state index contributed by atoms with van der Waals surface area (Å²) in [6, 6.07) is 17.3. The van der Waals surface area contributed by atoms with Gasteiger partial charge in [-0.25, -0.2) is 9.07 Å². The summed E-state index contributed by atoms with van der Waals surface area (Å²) in [6.07, 6.45) is 0.180. The molecule has 24 heavy (non-hydrogen) atoms. The van der Waals surface area contributed by atoms with Crippen molar-refractivity contribution in [3.63, 3.8) is 0 Å². The van der Waals surface area contributed by atoms with Gasteiger partial charge in [0, 0.05) is 6.07 Å². The number of para-hydroxylation sites is 1. The number of aromatic nitrogens is 2. The number of anilines is 1. The van der Waals surface area contributed by atoms with E-state index in [1.807, 2.05) is 43.3 Å². The summed E-state index contributed by atoms with van der Waals surface area (Å²) in [7, 11) is 0. The standard InChI is InChI=1S/C18H16FN3O.CH4/c1-13-11-17(22(21-13)16-5-3-2-4-6-16)20-18(23)12-14-7-9-15(19)10-8-14;/h2-11H,12H2,1H3,(H,20,23);1H4. The van der Waals surface area contributed by atoms with Crippen molar-refractivity contribution in [2.45, 2.75) is 20.8 Å². The summed E-state index contributed by atoms with van der Waals surface area (Å²) in [5.74, 6) is 0.126. The minimum atomic E-state index is -0.313. The fourth-order valence-corrected chi connectivity index (χ4v) is 2.33. The Morgan fingerprint density at radius 1 is 1.12 bits per heavy atom. The average Bonchev–Trinajstić information content (AvgIpc) is 2.91. The van der Waals surface area contributed by atoms with Gasteiger partial charge in [0.1, 0.15) is 11.6 Å². The van der Waals surface area contributed by atoms with E-state index >= 15 is 0 Å². The molecule has 5 heteroatoms.